The highest BCUT2D eigenvalue weighted by Crippen LogP contribution is 2.17. The molecule has 0 aliphatic rings. The number of carbonyl (C=O) groups excluding carboxylic acids is 1. The van der Waals surface area contributed by atoms with Crippen LogP contribution in [0.3, 0.4) is 0 Å². The summed E-state index contributed by atoms with van der Waals surface area (Å²) in [6.45, 7) is 2.08. The van der Waals surface area contributed by atoms with Crippen LogP contribution in [0.4, 0.5) is 0 Å². The molecule has 0 saturated carbocycles. The van der Waals surface area contributed by atoms with Crippen molar-refractivity contribution in [2.24, 2.45) is 0 Å². The van der Waals surface area contributed by atoms with Gasteiger partial charge in [0.15, 0.2) is 5.65 Å². The van der Waals surface area contributed by atoms with Gasteiger partial charge in [-0.2, -0.15) is 5.10 Å². The number of rotatable bonds is 3. The van der Waals surface area contributed by atoms with E-state index in [1.54, 1.807) is 30.0 Å². The van der Waals surface area contributed by atoms with E-state index in [2.05, 4.69) is 15.1 Å². The van der Waals surface area contributed by atoms with Gasteiger partial charge in [0.05, 0.1) is 18.5 Å². The summed E-state index contributed by atoms with van der Waals surface area (Å²) >= 11 is 0. The van der Waals surface area contributed by atoms with Crippen LogP contribution in [0.2, 0.25) is 0 Å². The Morgan fingerprint density at radius 1 is 1.30 bits per heavy atom. The Bertz CT molecular complexity index is 752. The third-order valence-corrected chi connectivity index (χ3v) is 2.81. The van der Waals surface area contributed by atoms with Gasteiger partial charge in [0.2, 0.25) is 0 Å². The molecule has 0 radical (unpaired) electrons. The zero-order valence-electron chi connectivity index (χ0n) is 10.9. The molecule has 0 aromatic carbocycles. The monoisotopic (exact) mass is 268 g/mol. The first kappa shape index (κ1) is 12.3. The fourth-order valence-electron chi connectivity index (χ4n) is 1.89. The van der Waals surface area contributed by atoms with Gasteiger partial charge in [-0.25, -0.2) is 14.3 Å². The van der Waals surface area contributed by atoms with Crippen LogP contribution >= 0.6 is 0 Å². The molecule has 3 aromatic rings. The van der Waals surface area contributed by atoms with Crippen molar-refractivity contribution >= 4 is 11.6 Å². The number of nitrogens with zero attached hydrogens (tertiary/aromatic N) is 4. The molecule has 6 nitrogen and oxygen atoms in total. The van der Waals surface area contributed by atoms with E-state index in [0.717, 1.165) is 11.3 Å². The molecule has 0 atom stereocenters. The van der Waals surface area contributed by atoms with E-state index in [9.17, 15) is 4.79 Å². The van der Waals surface area contributed by atoms with Gasteiger partial charge in [0, 0.05) is 24.2 Å². The number of hydrogen-bond donors (Lipinski definition) is 0. The standard InChI is InChI=1S/C14H12N4O2/c1-2-20-14(19)11-8-17-18-9-10(7-16-13(11)18)12-5-3-4-6-15-12/h3-9H,2H2,1H3. The Morgan fingerprint density at radius 2 is 2.20 bits per heavy atom. The van der Waals surface area contributed by atoms with Gasteiger partial charge >= 0.3 is 5.97 Å². The van der Waals surface area contributed by atoms with Crippen molar-refractivity contribution in [1.29, 1.82) is 0 Å². The van der Waals surface area contributed by atoms with Crippen molar-refractivity contribution in [2.75, 3.05) is 6.61 Å². The van der Waals surface area contributed by atoms with Gasteiger partial charge in [-0.05, 0) is 19.1 Å². The quantitative estimate of drug-likeness (QED) is 0.679. The van der Waals surface area contributed by atoms with E-state index in [1.165, 1.54) is 6.20 Å². The van der Waals surface area contributed by atoms with Crippen LogP contribution < -0.4 is 0 Å². The van der Waals surface area contributed by atoms with Gasteiger partial charge in [-0.3, -0.25) is 4.98 Å². The van der Waals surface area contributed by atoms with Crippen LogP contribution in [0.5, 0.6) is 0 Å². The predicted octanol–water partition coefficient (Wildman–Crippen LogP) is 1.97. The molecule has 0 aliphatic heterocycles. The first-order chi connectivity index (χ1) is 9.79. The largest absolute Gasteiger partial charge is 0.462 e. The van der Waals surface area contributed by atoms with Crippen LogP contribution in [-0.2, 0) is 4.74 Å². The molecule has 0 amide bonds. The molecular formula is C14H12N4O2. The second-order valence-corrected chi connectivity index (χ2v) is 4.10. The third kappa shape index (κ3) is 2.11. The molecular weight excluding hydrogens is 256 g/mol. The molecule has 0 fully saturated rings. The molecule has 0 aliphatic carbocycles. The van der Waals surface area contributed by atoms with Gasteiger partial charge in [-0.15, -0.1) is 0 Å². The van der Waals surface area contributed by atoms with E-state index in [1.807, 2.05) is 18.2 Å². The summed E-state index contributed by atoms with van der Waals surface area (Å²) in [5.41, 5.74) is 2.47. The summed E-state index contributed by atoms with van der Waals surface area (Å²) in [4.78, 5) is 20.3. The second kappa shape index (κ2) is 5.08. The minimum atomic E-state index is -0.416. The lowest BCUT2D eigenvalue weighted by molar-refractivity contribution is 0.0528. The van der Waals surface area contributed by atoms with Gasteiger partial charge in [-0.1, -0.05) is 6.07 Å². The first-order valence-electron chi connectivity index (χ1n) is 6.21. The fraction of sp³-hybridized carbons (Fsp3) is 0.143. The molecule has 3 heterocycles. The van der Waals surface area contributed by atoms with Gasteiger partial charge in [0.1, 0.15) is 5.56 Å². The Labute approximate surface area is 115 Å². The van der Waals surface area contributed by atoms with Crippen LogP contribution in [-0.4, -0.2) is 32.2 Å². The Kier molecular flexibility index (Phi) is 3.12. The van der Waals surface area contributed by atoms with E-state index < -0.39 is 5.97 Å². The van der Waals surface area contributed by atoms with Gasteiger partial charge in [0.25, 0.3) is 0 Å². The highest BCUT2D eigenvalue weighted by Gasteiger charge is 2.15. The second-order valence-electron chi connectivity index (χ2n) is 4.10. The normalized spacial score (nSPS) is 10.7. The highest BCUT2D eigenvalue weighted by atomic mass is 16.5. The number of esters is 1. The zero-order chi connectivity index (χ0) is 13.9. The molecule has 0 saturated heterocycles. The van der Waals surface area contributed by atoms with E-state index in [-0.39, 0.29) is 0 Å². The number of aromatic nitrogens is 4. The first-order valence-corrected chi connectivity index (χ1v) is 6.21. The van der Waals surface area contributed by atoms with Crippen LogP contribution in [0, 0.1) is 0 Å². The lowest BCUT2D eigenvalue weighted by atomic mass is 10.2. The predicted molar refractivity (Wildman–Crippen MR) is 72.2 cm³/mol. The number of hydrogen-bond acceptors (Lipinski definition) is 5. The van der Waals surface area contributed by atoms with Crippen molar-refractivity contribution < 1.29 is 9.53 Å². The van der Waals surface area contributed by atoms with Crippen molar-refractivity contribution in [3.05, 3.63) is 48.5 Å². The smallest absolute Gasteiger partial charge is 0.343 e. The van der Waals surface area contributed by atoms with Crippen molar-refractivity contribution in [2.45, 2.75) is 6.92 Å². The fourth-order valence-corrected chi connectivity index (χ4v) is 1.89. The van der Waals surface area contributed by atoms with Crippen molar-refractivity contribution in [3.8, 4) is 11.3 Å². The topological polar surface area (TPSA) is 69.4 Å². The van der Waals surface area contributed by atoms with Crippen molar-refractivity contribution in [3.63, 3.8) is 0 Å². The van der Waals surface area contributed by atoms with Crippen LogP contribution in [0.25, 0.3) is 16.9 Å². The summed E-state index contributed by atoms with van der Waals surface area (Å²) < 4.78 is 6.52. The van der Waals surface area contributed by atoms with Crippen LogP contribution in [0.1, 0.15) is 17.3 Å². The Balaban J connectivity index is 2.04. The zero-order valence-corrected chi connectivity index (χ0v) is 10.9. The van der Waals surface area contributed by atoms with Crippen LogP contribution in [0.15, 0.2) is 43.0 Å². The molecule has 0 N–H and O–H groups in total. The minimum absolute atomic E-state index is 0.322. The summed E-state index contributed by atoms with van der Waals surface area (Å²) in [7, 11) is 0. The number of ether oxygens (including phenoxy) is 1. The van der Waals surface area contributed by atoms with E-state index >= 15 is 0 Å². The lowest BCUT2D eigenvalue weighted by Crippen LogP contribution is -2.05. The summed E-state index contributed by atoms with van der Waals surface area (Å²) in [5.74, 6) is -0.416. The van der Waals surface area contributed by atoms with E-state index in [4.69, 9.17) is 4.74 Å². The summed E-state index contributed by atoms with van der Waals surface area (Å²) in [6, 6.07) is 5.64. The number of fused-ring (bicyclic) bond motifs is 1. The van der Waals surface area contributed by atoms with E-state index in [0.29, 0.717) is 17.8 Å². The molecule has 20 heavy (non-hydrogen) atoms. The Hall–Kier alpha value is -2.76. The maximum atomic E-state index is 11.7. The SMILES string of the molecule is CCOC(=O)c1cnn2cc(-c3ccccn3)cnc12. The maximum absolute atomic E-state index is 11.7. The molecule has 100 valence electrons. The lowest BCUT2D eigenvalue weighted by Gasteiger charge is -2.02. The number of pyridine rings is 1. The minimum Gasteiger partial charge on any atom is -0.462 e. The molecule has 0 unspecified atom stereocenters. The maximum Gasteiger partial charge on any atom is 0.343 e. The molecule has 3 aromatic heterocycles. The molecule has 3 rings (SSSR count). The highest BCUT2D eigenvalue weighted by molar-refractivity contribution is 5.95. The average Bonchev–Trinajstić information content (AvgIpc) is 2.91. The average molecular weight is 268 g/mol. The summed E-state index contributed by atoms with van der Waals surface area (Å²) in [6.07, 6.45) is 6.63. The molecule has 0 bridgehead atoms. The Morgan fingerprint density at radius 3 is 2.95 bits per heavy atom. The molecule has 6 heteroatoms. The van der Waals surface area contributed by atoms with Gasteiger partial charge < -0.3 is 4.74 Å². The third-order valence-electron chi connectivity index (χ3n) is 2.81. The van der Waals surface area contributed by atoms with Crippen molar-refractivity contribution in [1.82, 2.24) is 19.6 Å². The summed E-state index contributed by atoms with van der Waals surface area (Å²) in [5, 5.41) is 4.13. The molecule has 0 spiro atoms. The number of carbonyl (C=O) groups is 1.